The zero-order chi connectivity index (χ0) is 20.2. The molecular formula is C20H25N3O5S. The quantitative estimate of drug-likeness (QED) is 0.693. The average molecular weight is 420 g/mol. The number of rotatable bonds is 6. The molecule has 4 rings (SSSR count). The molecule has 0 aromatic carbocycles. The number of β-amino-alcohol motifs (C(OH)–C–C–N with tert-alkyl or cyclic N) is 1. The van der Waals surface area contributed by atoms with Crippen molar-refractivity contribution in [3.05, 3.63) is 23.3 Å². The zero-order valence-electron chi connectivity index (χ0n) is 16.1. The second kappa shape index (κ2) is 9.17. The molecule has 29 heavy (non-hydrogen) atoms. The van der Waals surface area contributed by atoms with Crippen LogP contribution in [0.15, 0.2) is 22.8 Å². The van der Waals surface area contributed by atoms with Crippen LogP contribution in [0.5, 0.6) is 0 Å². The van der Waals surface area contributed by atoms with Gasteiger partial charge in [-0.1, -0.05) is 11.3 Å². The Morgan fingerprint density at radius 3 is 2.86 bits per heavy atom. The van der Waals surface area contributed by atoms with Gasteiger partial charge in [0.05, 0.1) is 18.9 Å². The Kier molecular flexibility index (Phi) is 6.39. The van der Waals surface area contributed by atoms with Gasteiger partial charge in [0.15, 0.2) is 16.7 Å². The van der Waals surface area contributed by atoms with Gasteiger partial charge >= 0.3 is 0 Å². The smallest absolute Gasteiger partial charge is 0.240 e. The summed E-state index contributed by atoms with van der Waals surface area (Å²) in [5, 5.41) is 13.0. The Balaban J connectivity index is 1.50. The first-order valence-electron chi connectivity index (χ1n) is 9.97. The van der Waals surface area contributed by atoms with Gasteiger partial charge in [0.1, 0.15) is 10.6 Å². The lowest BCUT2D eigenvalue weighted by molar-refractivity contribution is -0.118. The largest absolute Gasteiger partial charge is 0.463 e. The highest BCUT2D eigenvalue weighted by Gasteiger charge is 2.29. The molecule has 2 aliphatic rings. The molecule has 2 aromatic rings. The number of likely N-dealkylation sites (tertiary alicyclic amines) is 1. The van der Waals surface area contributed by atoms with Crippen molar-refractivity contribution in [2.75, 3.05) is 38.2 Å². The normalized spacial score (nSPS) is 21.2. The van der Waals surface area contributed by atoms with E-state index in [-0.39, 0.29) is 30.3 Å². The maximum absolute atomic E-state index is 13.1. The summed E-state index contributed by atoms with van der Waals surface area (Å²) in [5.41, 5.74) is 0.472. The van der Waals surface area contributed by atoms with E-state index < -0.39 is 0 Å². The molecule has 0 bridgehead atoms. The van der Waals surface area contributed by atoms with Gasteiger partial charge in [-0.2, -0.15) is 0 Å². The highest BCUT2D eigenvalue weighted by Crippen LogP contribution is 2.35. The van der Waals surface area contributed by atoms with E-state index in [0.717, 1.165) is 19.4 Å². The zero-order valence-corrected chi connectivity index (χ0v) is 17.0. The van der Waals surface area contributed by atoms with Gasteiger partial charge in [-0.3, -0.25) is 14.5 Å². The van der Waals surface area contributed by atoms with Gasteiger partial charge in [-0.15, -0.1) is 0 Å². The van der Waals surface area contributed by atoms with Gasteiger partial charge in [0.25, 0.3) is 0 Å². The number of hydrogen-bond acceptors (Lipinski definition) is 8. The molecule has 0 radical (unpaired) electrons. The molecule has 0 spiro atoms. The minimum atomic E-state index is -0.384. The van der Waals surface area contributed by atoms with E-state index in [9.17, 15) is 14.7 Å². The highest BCUT2D eigenvalue weighted by molar-refractivity contribution is 7.18. The van der Waals surface area contributed by atoms with Crippen LogP contribution in [0.1, 0.15) is 35.4 Å². The molecule has 2 aromatic heterocycles. The number of thiazole rings is 1. The second-order valence-electron chi connectivity index (χ2n) is 7.50. The van der Waals surface area contributed by atoms with Crippen LogP contribution in [0.2, 0.25) is 0 Å². The van der Waals surface area contributed by atoms with Crippen molar-refractivity contribution < 1.29 is 23.8 Å². The lowest BCUT2D eigenvalue weighted by Crippen LogP contribution is -2.42. The van der Waals surface area contributed by atoms with E-state index >= 15 is 0 Å². The summed E-state index contributed by atoms with van der Waals surface area (Å²) >= 11 is 1.19. The minimum Gasteiger partial charge on any atom is -0.463 e. The molecule has 1 unspecified atom stereocenters. The number of aliphatic hydroxyl groups excluding tert-OH is 1. The van der Waals surface area contributed by atoms with Crippen LogP contribution in [0.3, 0.4) is 0 Å². The van der Waals surface area contributed by atoms with Crippen molar-refractivity contribution >= 4 is 28.2 Å². The van der Waals surface area contributed by atoms with Crippen molar-refractivity contribution in [2.45, 2.75) is 31.8 Å². The number of anilines is 1. The van der Waals surface area contributed by atoms with Crippen LogP contribution in [0.25, 0.3) is 11.5 Å². The van der Waals surface area contributed by atoms with Gasteiger partial charge < -0.3 is 19.6 Å². The summed E-state index contributed by atoms with van der Waals surface area (Å²) in [5.74, 6) is 0.230. The van der Waals surface area contributed by atoms with Gasteiger partial charge in [-0.25, -0.2) is 4.98 Å². The maximum atomic E-state index is 13.1. The number of nitrogens with one attached hydrogen (secondary N) is 1. The number of aliphatic hydroxyl groups is 1. The third-order valence-electron chi connectivity index (χ3n) is 5.29. The van der Waals surface area contributed by atoms with E-state index in [4.69, 9.17) is 9.15 Å². The highest BCUT2D eigenvalue weighted by atomic mass is 32.1. The predicted molar refractivity (Wildman–Crippen MR) is 108 cm³/mol. The second-order valence-corrected chi connectivity index (χ2v) is 8.50. The molecule has 1 amide bonds. The number of ether oxygens (including phenoxy) is 1. The molecule has 1 atom stereocenters. The lowest BCUT2D eigenvalue weighted by Gasteiger charge is -2.29. The van der Waals surface area contributed by atoms with Gasteiger partial charge in [-0.05, 0) is 44.4 Å². The van der Waals surface area contributed by atoms with Crippen LogP contribution in [-0.4, -0.2) is 65.6 Å². The molecule has 2 saturated heterocycles. The molecule has 4 heterocycles. The Morgan fingerprint density at radius 1 is 1.31 bits per heavy atom. The van der Waals surface area contributed by atoms with Crippen LogP contribution in [0.4, 0.5) is 5.13 Å². The molecule has 0 saturated carbocycles. The Labute approximate surface area is 172 Å². The maximum Gasteiger partial charge on any atom is 0.240 e. The summed E-state index contributed by atoms with van der Waals surface area (Å²) in [4.78, 5) is 32.5. The van der Waals surface area contributed by atoms with Crippen LogP contribution in [0, 0.1) is 5.92 Å². The summed E-state index contributed by atoms with van der Waals surface area (Å²) in [6, 6.07) is 3.51. The number of carbonyl (C=O) groups excluding carboxylic acids is 2. The fraction of sp³-hybridized carbons (Fsp3) is 0.550. The number of carbonyl (C=O) groups is 2. The fourth-order valence-corrected chi connectivity index (χ4v) is 4.81. The number of furan rings is 1. The lowest BCUT2D eigenvalue weighted by atomic mass is 9.94. The number of amides is 1. The number of nitrogens with zero attached hydrogens (tertiary/aromatic N) is 2. The first-order valence-corrected chi connectivity index (χ1v) is 10.8. The van der Waals surface area contributed by atoms with E-state index in [1.165, 1.54) is 17.6 Å². The monoisotopic (exact) mass is 419 g/mol. The average Bonchev–Trinajstić information content (AvgIpc) is 3.38. The van der Waals surface area contributed by atoms with Gasteiger partial charge in [0.2, 0.25) is 5.91 Å². The molecule has 0 aliphatic carbocycles. The summed E-state index contributed by atoms with van der Waals surface area (Å²) in [6.07, 6.45) is 4.18. The minimum absolute atomic E-state index is 0.0249. The SMILES string of the molecule is O=C(CN1CCCC(O)C1)Nc1nc(-c2ccco2)c(C(=O)C2CCOCC2)s1. The fourth-order valence-electron chi connectivity index (χ4n) is 3.80. The topological polar surface area (TPSA) is 105 Å². The molecule has 2 N–H and O–H groups in total. The van der Waals surface area contributed by atoms with Crippen molar-refractivity contribution in [3.8, 4) is 11.5 Å². The predicted octanol–water partition coefficient (Wildman–Crippen LogP) is 2.41. The first kappa shape index (κ1) is 20.2. The molecule has 156 valence electrons. The molecule has 8 nitrogen and oxygen atoms in total. The van der Waals surface area contributed by atoms with E-state index in [1.54, 1.807) is 12.1 Å². The van der Waals surface area contributed by atoms with Crippen LogP contribution < -0.4 is 5.32 Å². The van der Waals surface area contributed by atoms with E-state index in [0.29, 0.717) is 54.1 Å². The van der Waals surface area contributed by atoms with Crippen molar-refractivity contribution in [1.29, 1.82) is 0 Å². The van der Waals surface area contributed by atoms with E-state index in [1.807, 2.05) is 4.90 Å². The van der Waals surface area contributed by atoms with E-state index in [2.05, 4.69) is 10.3 Å². The Hall–Kier alpha value is -2.07. The number of Topliss-reactive ketones (excluding diaryl/α,β-unsaturated/α-hetero) is 1. The Bertz CT molecular complexity index is 844. The summed E-state index contributed by atoms with van der Waals surface area (Å²) in [7, 11) is 0. The number of piperidine rings is 1. The molecule has 9 heteroatoms. The van der Waals surface area contributed by atoms with Crippen molar-refractivity contribution in [2.24, 2.45) is 5.92 Å². The van der Waals surface area contributed by atoms with Crippen LogP contribution in [-0.2, 0) is 9.53 Å². The number of ketones is 1. The van der Waals surface area contributed by atoms with Gasteiger partial charge in [0, 0.05) is 25.7 Å². The molecular weight excluding hydrogens is 394 g/mol. The molecule has 2 fully saturated rings. The van der Waals surface area contributed by atoms with Crippen molar-refractivity contribution in [1.82, 2.24) is 9.88 Å². The van der Waals surface area contributed by atoms with Crippen LogP contribution >= 0.6 is 11.3 Å². The Morgan fingerprint density at radius 2 is 2.14 bits per heavy atom. The standard InChI is InChI=1S/C20H25N3O5S/c24-14-3-1-7-23(11-14)12-16(25)21-20-22-17(15-4-2-8-28-15)19(29-20)18(26)13-5-9-27-10-6-13/h2,4,8,13-14,24H,1,3,5-7,9-12H2,(H,21,22,25). The summed E-state index contributed by atoms with van der Waals surface area (Å²) in [6.45, 7) is 2.63. The number of aromatic nitrogens is 1. The van der Waals surface area contributed by atoms with Crippen molar-refractivity contribution in [3.63, 3.8) is 0 Å². The number of hydrogen-bond donors (Lipinski definition) is 2. The first-order chi connectivity index (χ1) is 14.1. The third-order valence-corrected chi connectivity index (χ3v) is 6.28. The summed E-state index contributed by atoms with van der Waals surface area (Å²) < 4.78 is 10.8. The molecule has 2 aliphatic heterocycles. The third kappa shape index (κ3) is 4.92.